The van der Waals surface area contributed by atoms with Crippen LogP contribution in [0.1, 0.15) is 91.5 Å². The average Bonchev–Trinajstić information content (AvgIpc) is 4.03. The Morgan fingerprint density at radius 3 is 2.37 bits per heavy atom. The Bertz CT molecular complexity index is 2790. The number of carbonyl (C=O) groups excluding carboxylic acids is 5. The molecule has 0 saturated carbocycles. The van der Waals surface area contributed by atoms with Gasteiger partial charge < -0.3 is 44.1 Å². The van der Waals surface area contributed by atoms with E-state index in [4.69, 9.17) is 28.5 Å². The Kier molecular flexibility index (Phi) is 14.7. The lowest BCUT2D eigenvalue weighted by atomic mass is 9.94. The summed E-state index contributed by atoms with van der Waals surface area (Å²) in [6, 6.07) is 15.3. The minimum atomic E-state index is -0.585. The minimum Gasteiger partial charge on any atom is -0.494 e. The number of nitrogens with one attached hydrogen (secondary N) is 2. The smallest absolute Gasteiger partial charge is 0.333 e. The van der Waals surface area contributed by atoms with Gasteiger partial charge in [0.2, 0.25) is 0 Å². The lowest BCUT2D eigenvalue weighted by molar-refractivity contribution is -0.197. The van der Waals surface area contributed by atoms with E-state index in [1.54, 1.807) is 47.9 Å². The summed E-state index contributed by atoms with van der Waals surface area (Å²) in [6.07, 6.45) is 17.0. The van der Waals surface area contributed by atoms with Gasteiger partial charge in [-0.2, -0.15) is 0 Å². The van der Waals surface area contributed by atoms with Crippen molar-refractivity contribution in [3.8, 4) is 23.0 Å². The van der Waals surface area contributed by atoms with Crippen LogP contribution in [0.15, 0.2) is 96.3 Å². The summed E-state index contributed by atoms with van der Waals surface area (Å²) in [7, 11) is 6.58. The number of hydrogen-bond donors (Lipinski definition) is 2. The number of amides is 4. The standard InChI is InChI=1S/C55H61N5O11S2/c1-55(2,73-72-20-9-15-52(63)71-60-50(61)16-17-51(60)62)18-10-19-68-38-22-33(31-69-47-28-41-39(26-45(47)66-3)53(64)58-37(30-56-41)24-35-11-5-7-13-43(35)58)21-34(23-38)32-70-48-29-42-40(27-46(48)67-4)54(65)59-44-14-8-6-12-36(44)25-49(59)57-42/h5-8,11-14,22-23,26-29,34-35,37,43,49,56-57H,9-10,15-21,24-25,30-32H2,1-4H3/t34?,35?,37-,43?,49-/m0/s1. The molecule has 0 aromatic heterocycles. The number of carbonyl (C=O) groups is 5. The molecule has 5 aliphatic heterocycles. The van der Waals surface area contributed by atoms with E-state index in [1.165, 1.54) is 0 Å². The third-order valence-electron chi connectivity index (χ3n) is 14.2. The summed E-state index contributed by atoms with van der Waals surface area (Å²) in [4.78, 5) is 72.7. The monoisotopic (exact) mass is 1030 g/mol. The third kappa shape index (κ3) is 10.8. The van der Waals surface area contributed by atoms with Gasteiger partial charge >= 0.3 is 5.97 Å². The Balaban J connectivity index is 0.790. The second kappa shape index (κ2) is 21.5. The summed E-state index contributed by atoms with van der Waals surface area (Å²) >= 11 is 0. The zero-order chi connectivity index (χ0) is 50.8. The Hall–Kier alpha value is -6.53. The van der Waals surface area contributed by atoms with Crippen molar-refractivity contribution in [1.82, 2.24) is 9.96 Å². The van der Waals surface area contributed by atoms with Gasteiger partial charge in [0.1, 0.15) is 18.5 Å². The van der Waals surface area contributed by atoms with Gasteiger partial charge in [-0.1, -0.05) is 64.1 Å². The first-order valence-corrected chi connectivity index (χ1v) is 27.4. The number of hydrogen-bond acceptors (Lipinski definition) is 15. The number of hydroxylamine groups is 2. The zero-order valence-corrected chi connectivity index (χ0v) is 43.2. The van der Waals surface area contributed by atoms with Crippen LogP contribution < -0.4 is 34.5 Å². The lowest BCUT2D eigenvalue weighted by Gasteiger charge is -2.33. The number of imide groups is 1. The van der Waals surface area contributed by atoms with E-state index in [-0.39, 0.29) is 66.6 Å². The van der Waals surface area contributed by atoms with Crippen LogP contribution in [-0.2, 0) is 30.4 Å². The van der Waals surface area contributed by atoms with Crippen molar-refractivity contribution in [3.63, 3.8) is 0 Å². The van der Waals surface area contributed by atoms with Crippen LogP contribution in [0.5, 0.6) is 23.0 Å². The van der Waals surface area contributed by atoms with Gasteiger partial charge in [-0.25, -0.2) is 4.79 Å². The van der Waals surface area contributed by atoms with E-state index in [2.05, 4.69) is 54.9 Å². The normalized spacial score (nSPS) is 22.4. The highest BCUT2D eigenvalue weighted by atomic mass is 33.1. The molecule has 4 amide bonds. The largest absolute Gasteiger partial charge is 0.494 e. The molecule has 16 nitrogen and oxygen atoms in total. The van der Waals surface area contributed by atoms with Crippen LogP contribution >= 0.6 is 21.6 Å². The molecule has 384 valence electrons. The number of anilines is 3. The highest BCUT2D eigenvalue weighted by molar-refractivity contribution is 8.77. The fourth-order valence-electron chi connectivity index (χ4n) is 10.6. The van der Waals surface area contributed by atoms with Crippen molar-refractivity contribution in [1.29, 1.82) is 0 Å². The molecule has 0 spiro atoms. The summed E-state index contributed by atoms with van der Waals surface area (Å²) in [5.74, 6) is 1.91. The summed E-state index contributed by atoms with van der Waals surface area (Å²) in [5.41, 5.74) is 5.49. The minimum absolute atomic E-state index is 0.0235. The molecule has 0 radical (unpaired) electrons. The summed E-state index contributed by atoms with van der Waals surface area (Å²) in [6.45, 7) is 6.00. The topological polar surface area (TPSA) is 175 Å². The molecule has 3 unspecified atom stereocenters. The van der Waals surface area contributed by atoms with Gasteiger partial charge in [-0.15, -0.1) is 5.06 Å². The number of rotatable bonds is 20. The number of methoxy groups -OCH3 is 2. The molecule has 18 heteroatoms. The highest BCUT2D eigenvalue weighted by Gasteiger charge is 2.45. The van der Waals surface area contributed by atoms with Crippen molar-refractivity contribution in [2.45, 2.75) is 94.6 Å². The maximum Gasteiger partial charge on any atom is 0.333 e. The van der Waals surface area contributed by atoms with Crippen molar-refractivity contribution in [2.75, 3.05) is 61.9 Å². The average molecular weight is 1030 g/mol. The van der Waals surface area contributed by atoms with Crippen molar-refractivity contribution >= 4 is 68.2 Å². The van der Waals surface area contributed by atoms with Gasteiger partial charge in [-0.3, -0.25) is 24.1 Å². The Labute approximate surface area is 433 Å². The van der Waals surface area contributed by atoms with E-state index >= 15 is 0 Å². The van der Waals surface area contributed by atoms with Crippen LogP contribution in [0, 0.1) is 11.8 Å². The fourth-order valence-corrected chi connectivity index (χ4v) is 13.3. The first-order valence-electron chi connectivity index (χ1n) is 25.1. The first kappa shape index (κ1) is 50.0. The van der Waals surface area contributed by atoms with Crippen LogP contribution in [0.2, 0.25) is 0 Å². The summed E-state index contributed by atoms with van der Waals surface area (Å²) in [5, 5.41) is 7.71. The van der Waals surface area contributed by atoms with Crippen molar-refractivity contribution in [3.05, 3.63) is 113 Å². The molecule has 10 rings (SSSR count). The molecule has 0 bridgehead atoms. The van der Waals surface area contributed by atoms with Crippen molar-refractivity contribution < 1.29 is 52.5 Å². The van der Waals surface area contributed by atoms with E-state index in [9.17, 15) is 24.0 Å². The number of nitrogens with zero attached hydrogens (tertiary/aromatic N) is 3. The SMILES string of the molecule is COc1cc2c(cc1OCC1=CC(OCCCC(C)(C)SSCCCC(=O)ON3C(=O)CCC3=O)=CC(COc3cc4c(cc3OC)C(=O)N3c5ccccc5C[C@H]3N4)C1)NC[C@@H]1CC3C=CC=CC3N1C2=O. The molecule has 7 aliphatic rings. The van der Waals surface area contributed by atoms with E-state index < -0.39 is 17.8 Å². The maximum atomic E-state index is 14.1. The molecule has 5 atom stereocenters. The number of benzene rings is 3. The molecular formula is C55H61N5O11S2. The van der Waals surface area contributed by atoms with Crippen LogP contribution in [0.4, 0.5) is 17.1 Å². The van der Waals surface area contributed by atoms with Crippen LogP contribution in [0.25, 0.3) is 0 Å². The van der Waals surface area contributed by atoms with Gasteiger partial charge in [0.05, 0.1) is 62.0 Å². The molecule has 3 aromatic rings. The predicted molar refractivity (Wildman–Crippen MR) is 280 cm³/mol. The maximum absolute atomic E-state index is 14.1. The molecule has 73 heavy (non-hydrogen) atoms. The van der Waals surface area contributed by atoms with Crippen LogP contribution in [0.3, 0.4) is 0 Å². The summed E-state index contributed by atoms with van der Waals surface area (Å²) < 4.78 is 31.2. The number of para-hydroxylation sites is 1. The van der Waals surface area contributed by atoms with E-state index in [0.29, 0.717) is 107 Å². The van der Waals surface area contributed by atoms with E-state index in [0.717, 1.165) is 36.1 Å². The van der Waals surface area contributed by atoms with Gasteiger partial charge in [0.25, 0.3) is 23.6 Å². The highest BCUT2D eigenvalue weighted by Crippen LogP contribution is 2.45. The molecule has 2 saturated heterocycles. The molecule has 2 fully saturated rings. The van der Waals surface area contributed by atoms with Crippen LogP contribution in [-0.4, -0.2) is 109 Å². The lowest BCUT2D eigenvalue weighted by Crippen LogP contribution is -2.46. The van der Waals surface area contributed by atoms with Crippen molar-refractivity contribution in [2.24, 2.45) is 11.8 Å². The molecule has 5 heterocycles. The second-order valence-corrected chi connectivity index (χ2v) is 23.0. The Morgan fingerprint density at radius 2 is 1.58 bits per heavy atom. The molecule has 3 aromatic carbocycles. The molecule has 2 N–H and O–H groups in total. The quantitative estimate of drug-likeness (QED) is 0.0623. The number of fused-ring (bicyclic) bond motifs is 8. The fraction of sp³-hybridized carbons (Fsp3) is 0.436. The van der Waals surface area contributed by atoms with E-state index in [1.807, 2.05) is 52.3 Å². The molecular weight excluding hydrogens is 971 g/mol. The number of ether oxygens (including phenoxy) is 5. The molecule has 2 aliphatic carbocycles. The predicted octanol–water partition coefficient (Wildman–Crippen LogP) is 9.04. The first-order chi connectivity index (χ1) is 35.4. The number of allylic oxidation sites excluding steroid dienone is 3. The second-order valence-electron chi connectivity index (χ2n) is 19.9. The third-order valence-corrected chi connectivity index (χ3v) is 17.7. The van der Waals surface area contributed by atoms with Gasteiger partial charge in [0.15, 0.2) is 23.0 Å². The zero-order valence-electron chi connectivity index (χ0n) is 41.5. The Morgan fingerprint density at radius 1 is 0.836 bits per heavy atom. The van der Waals surface area contributed by atoms with Gasteiger partial charge in [-0.05, 0) is 87.4 Å². The van der Waals surface area contributed by atoms with Gasteiger partial charge in [0, 0.05) is 72.4 Å².